The van der Waals surface area contributed by atoms with Gasteiger partial charge in [0.15, 0.2) is 11.4 Å². The van der Waals surface area contributed by atoms with Crippen LogP contribution in [0.2, 0.25) is 0 Å². The lowest BCUT2D eigenvalue weighted by atomic mass is 10.1. The van der Waals surface area contributed by atoms with Gasteiger partial charge in [0.2, 0.25) is 0 Å². The molecule has 6 aromatic carbocycles. The summed E-state index contributed by atoms with van der Waals surface area (Å²) in [7, 11) is 0. The van der Waals surface area contributed by atoms with Gasteiger partial charge in [-0.2, -0.15) is 0 Å². The number of furan rings is 1. The largest absolute Gasteiger partial charge is 0.453 e. The van der Waals surface area contributed by atoms with E-state index in [2.05, 4.69) is 28.8 Å². The van der Waals surface area contributed by atoms with Crippen LogP contribution in [0.25, 0.3) is 88.4 Å². The average molecular weight is 585 g/mol. The van der Waals surface area contributed by atoms with Crippen molar-refractivity contribution < 1.29 is 15.4 Å². The van der Waals surface area contributed by atoms with Gasteiger partial charge in [0.25, 0.3) is 0 Å². The fourth-order valence-electron chi connectivity index (χ4n) is 6.54. The van der Waals surface area contributed by atoms with Crippen LogP contribution in [0.3, 0.4) is 0 Å². The molecule has 4 heterocycles. The normalized spacial score (nSPS) is 14.5. The fourth-order valence-corrected chi connectivity index (χ4v) is 6.54. The summed E-state index contributed by atoms with van der Waals surface area (Å²) in [6.45, 7) is 0. The van der Waals surface area contributed by atoms with Crippen molar-refractivity contribution in [3.63, 3.8) is 0 Å². The SMILES string of the molecule is [2H]c1c([2H])c([2H])c2c(c1[2H])c1c([2H])c([2H])c([2H])c([2H])c1n2-c1ccc2oc3cnc(-c4ccccc4-n4c5ccccc5c5ccccc54)nc3c2c1. The molecule has 210 valence electrons. The monoisotopic (exact) mass is 584 g/mol. The van der Waals surface area contributed by atoms with Gasteiger partial charge in [0, 0.05) is 38.2 Å². The summed E-state index contributed by atoms with van der Waals surface area (Å²) < 4.78 is 78.8. The molecule has 10 aromatic rings. The first-order valence-electron chi connectivity index (χ1n) is 18.4. The minimum Gasteiger partial charge on any atom is -0.453 e. The van der Waals surface area contributed by atoms with Crippen molar-refractivity contribution in [1.82, 2.24) is 19.1 Å². The van der Waals surface area contributed by atoms with Crippen molar-refractivity contribution in [3.05, 3.63) is 146 Å². The van der Waals surface area contributed by atoms with E-state index in [1.54, 1.807) is 24.4 Å². The molecule has 0 aliphatic rings. The number of fused-ring (bicyclic) bond motifs is 9. The Bertz CT molecular complexity index is 3110. The molecule has 5 nitrogen and oxygen atoms in total. The molecule has 0 fully saturated rings. The highest BCUT2D eigenvalue weighted by atomic mass is 16.3. The molecule has 0 bridgehead atoms. The van der Waals surface area contributed by atoms with Crippen LogP contribution in [0, 0.1) is 0 Å². The predicted molar refractivity (Wildman–Crippen MR) is 183 cm³/mol. The Kier molecular flexibility index (Phi) is 3.62. The number of rotatable bonds is 3. The van der Waals surface area contributed by atoms with Gasteiger partial charge < -0.3 is 13.6 Å². The highest BCUT2D eigenvalue weighted by Crippen LogP contribution is 2.38. The van der Waals surface area contributed by atoms with Gasteiger partial charge in [0.05, 0.1) is 44.9 Å². The van der Waals surface area contributed by atoms with Crippen LogP contribution in [0.1, 0.15) is 11.0 Å². The Morgan fingerprint density at radius 3 is 1.93 bits per heavy atom. The molecule has 0 spiro atoms. The Morgan fingerprint density at radius 2 is 1.20 bits per heavy atom. The fraction of sp³-hybridized carbons (Fsp3) is 0. The maximum absolute atomic E-state index is 8.90. The van der Waals surface area contributed by atoms with Gasteiger partial charge >= 0.3 is 0 Å². The van der Waals surface area contributed by atoms with E-state index in [1.165, 1.54) is 4.57 Å². The summed E-state index contributed by atoms with van der Waals surface area (Å²) in [5.74, 6) is 0.461. The molecular weight excluding hydrogens is 552 g/mol. The predicted octanol–water partition coefficient (Wildman–Crippen LogP) is 10.2. The second-order valence-corrected chi connectivity index (χ2v) is 10.9. The molecule has 5 heteroatoms. The van der Waals surface area contributed by atoms with Crippen molar-refractivity contribution in [1.29, 1.82) is 0 Å². The molecule has 0 saturated heterocycles. The van der Waals surface area contributed by atoms with E-state index in [9.17, 15) is 0 Å². The summed E-state index contributed by atoms with van der Waals surface area (Å²) in [4.78, 5) is 9.80. The van der Waals surface area contributed by atoms with E-state index < -0.39 is 24.2 Å². The van der Waals surface area contributed by atoms with Crippen LogP contribution in [-0.4, -0.2) is 19.1 Å². The van der Waals surface area contributed by atoms with E-state index in [0.717, 1.165) is 33.1 Å². The van der Waals surface area contributed by atoms with Crippen LogP contribution in [0.5, 0.6) is 0 Å². The Balaban J connectivity index is 1.24. The van der Waals surface area contributed by atoms with Gasteiger partial charge in [-0.05, 0) is 54.5 Å². The molecular formula is C40H24N4O. The highest BCUT2D eigenvalue weighted by molar-refractivity contribution is 6.11. The topological polar surface area (TPSA) is 48.8 Å². The quantitative estimate of drug-likeness (QED) is 0.208. The highest BCUT2D eigenvalue weighted by Gasteiger charge is 2.19. The number of hydrogen-bond acceptors (Lipinski definition) is 3. The zero-order valence-electron chi connectivity index (χ0n) is 31.4. The zero-order valence-corrected chi connectivity index (χ0v) is 23.4. The summed E-state index contributed by atoms with van der Waals surface area (Å²) >= 11 is 0. The average Bonchev–Trinajstić information content (AvgIpc) is 3.85. The lowest BCUT2D eigenvalue weighted by Crippen LogP contribution is -1.99. The van der Waals surface area contributed by atoms with Gasteiger partial charge in [-0.25, -0.2) is 9.97 Å². The lowest BCUT2D eigenvalue weighted by molar-refractivity contribution is 0.666. The smallest absolute Gasteiger partial charge is 0.172 e. The van der Waals surface area contributed by atoms with E-state index >= 15 is 0 Å². The first-order chi connectivity index (χ1) is 25.7. The second kappa shape index (κ2) is 9.15. The lowest BCUT2D eigenvalue weighted by Gasteiger charge is -2.12. The van der Waals surface area contributed by atoms with Crippen LogP contribution in [0.15, 0.2) is 150 Å². The van der Waals surface area contributed by atoms with Crippen molar-refractivity contribution in [2.75, 3.05) is 0 Å². The third-order valence-electron chi connectivity index (χ3n) is 8.45. The molecule has 0 N–H and O–H groups in total. The van der Waals surface area contributed by atoms with Gasteiger partial charge in [-0.3, -0.25) is 0 Å². The maximum atomic E-state index is 8.90. The number of para-hydroxylation sites is 5. The molecule has 45 heavy (non-hydrogen) atoms. The maximum Gasteiger partial charge on any atom is 0.172 e. The molecule has 0 radical (unpaired) electrons. The molecule has 0 aliphatic heterocycles. The Labute approximate surface area is 268 Å². The molecule has 0 atom stereocenters. The Hall–Kier alpha value is -6.20. The van der Waals surface area contributed by atoms with Gasteiger partial charge in [-0.1, -0.05) is 84.8 Å². The number of aromatic nitrogens is 4. The van der Waals surface area contributed by atoms with Crippen LogP contribution in [0.4, 0.5) is 0 Å². The van der Waals surface area contributed by atoms with Crippen molar-refractivity contribution in [2.24, 2.45) is 0 Å². The summed E-state index contributed by atoms with van der Waals surface area (Å²) in [5.41, 5.74) is 5.70. The van der Waals surface area contributed by atoms with Crippen LogP contribution < -0.4 is 0 Å². The first kappa shape index (κ1) is 17.8. The molecule has 4 aromatic heterocycles. The molecule has 0 saturated carbocycles. The Morgan fingerprint density at radius 1 is 0.556 bits per heavy atom. The summed E-state index contributed by atoms with van der Waals surface area (Å²) in [6.07, 6.45) is 1.63. The molecule has 0 unspecified atom stereocenters. The first-order valence-corrected chi connectivity index (χ1v) is 14.4. The van der Waals surface area contributed by atoms with Gasteiger partial charge in [0.1, 0.15) is 11.1 Å². The zero-order chi connectivity index (χ0) is 36.4. The van der Waals surface area contributed by atoms with Crippen molar-refractivity contribution >= 4 is 65.7 Å². The van der Waals surface area contributed by atoms with Gasteiger partial charge in [-0.15, -0.1) is 0 Å². The van der Waals surface area contributed by atoms with Crippen LogP contribution in [-0.2, 0) is 0 Å². The van der Waals surface area contributed by atoms with E-state index in [0.29, 0.717) is 33.6 Å². The third kappa shape index (κ3) is 3.43. The third-order valence-corrected chi connectivity index (χ3v) is 8.45. The summed E-state index contributed by atoms with van der Waals surface area (Å²) in [6, 6.07) is 26.2. The van der Waals surface area contributed by atoms with E-state index in [4.69, 9.17) is 25.4 Å². The second-order valence-electron chi connectivity index (χ2n) is 10.9. The molecule has 0 amide bonds. The van der Waals surface area contributed by atoms with Crippen LogP contribution >= 0.6 is 0 Å². The minimum absolute atomic E-state index is 0.0152. The molecule has 0 aliphatic carbocycles. The number of benzene rings is 6. The van der Waals surface area contributed by atoms with Crippen molar-refractivity contribution in [2.45, 2.75) is 0 Å². The number of nitrogens with zero attached hydrogens (tertiary/aromatic N) is 4. The minimum atomic E-state index is -0.490. The summed E-state index contributed by atoms with van der Waals surface area (Å²) in [5, 5.41) is 2.87. The van der Waals surface area contributed by atoms with Crippen molar-refractivity contribution in [3.8, 4) is 22.8 Å². The molecule has 10 rings (SSSR count). The number of hydrogen-bond donors (Lipinski definition) is 0. The van der Waals surface area contributed by atoms with E-state index in [1.807, 2.05) is 48.5 Å². The van der Waals surface area contributed by atoms with E-state index in [-0.39, 0.29) is 46.0 Å². The standard InChI is InChI=1S/C40H24N4O/c1-6-16-32-26(11-1)27-12-2-7-17-33(27)43(32)25-21-22-37-31(23-25)39-38(45-37)24-41-40(42-39)30-15-5-10-20-36(30)44-34-18-8-3-13-28(34)29-14-4-9-19-35(29)44/h1-24H/i1D,2D,6D,7D,11D,12D,16D,17D.